The lowest BCUT2D eigenvalue weighted by Gasteiger charge is -2.32. The van der Waals surface area contributed by atoms with Crippen LogP contribution in [0.15, 0.2) is 85.0 Å². The van der Waals surface area contributed by atoms with Crippen LogP contribution in [0.5, 0.6) is 0 Å². The molecule has 0 heterocycles. The maximum Gasteiger partial charge on any atom is 0.167 e. The summed E-state index contributed by atoms with van der Waals surface area (Å²) >= 11 is 0. The molecule has 0 N–H and O–H groups in total. The van der Waals surface area contributed by atoms with Gasteiger partial charge in [0.05, 0.1) is 5.60 Å². The van der Waals surface area contributed by atoms with Crippen molar-refractivity contribution >= 4 is 5.57 Å². The Morgan fingerprint density at radius 3 is 1.95 bits per heavy atom. The predicted octanol–water partition coefficient (Wildman–Crippen LogP) is 10.9. The Morgan fingerprint density at radius 2 is 1.28 bits per heavy atom. The number of hydrogen-bond donors (Lipinski definition) is 0. The topological polar surface area (TPSA) is 9.23 Å². The van der Waals surface area contributed by atoms with Crippen LogP contribution in [0.4, 0.5) is 8.78 Å². The first kappa shape index (κ1) is 29.0. The molecule has 1 aliphatic rings. The van der Waals surface area contributed by atoms with Crippen LogP contribution in [-0.2, 0) is 4.74 Å². The second-order valence-electron chi connectivity index (χ2n) is 10.7. The van der Waals surface area contributed by atoms with Crippen LogP contribution < -0.4 is 0 Å². The van der Waals surface area contributed by atoms with Crippen molar-refractivity contribution in [2.45, 2.75) is 83.7 Å². The standard InChI is InChI=1S/C36H42F2O/c1-3-5-6-7-8-9-13-27-39-36(24-4-2)25-22-31(23-26-36)33-21-20-32(34(37)35(33)38)30-18-16-29(17-19-30)28-14-11-10-12-15-28/h10-12,14-23,25H,3-9,13,24,26-27H2,1-2H3. The van der Waals surface area contributed by atoms with E-state index in [4.69, 9.17) is 4.74 Å². The molecule has 0 aromatic heterocycles. The van der Waals surface area contributed by atoms with Gasteiger partial charge in [-0.2, -0.15) is 0 Å². The molecular formula is C36H42F2O. The van der Waals surface area contributed by atoms with E-state index < -0.39 is 11.6 Å². The van der Waals surface area contributed by atoms with Crippen LogP contribution in [0, 0.1) is 11.6 Å². The van der Waals surface area contributed by atoms with E-state index in [0.29, 0.717) is 23.1 Å². The van der Waals surface area contributed by atoms with Crippen molar-refractivity contribution in [3.63, 3.8) is 0 Å². The van der Waals surface area contributed by atoms with Crippen LogP contribution in [0.25, 0.3) is 27.8 Å². The largest absolute Gasteiger partial charge is 0.371 e. The smallest absolute Gasteiger partial charge is 0.167 e. The van der Waals surface area contributed by atoms with Crippen LogP contribution >= 0.6 is 0 Å². The molecule has 3 heteroatoms. The average Bonchev–Trinajstić information content (AvgIpc) is 2.97. The minimum atomic E-state index is -0.810. The van der Waals surface area contributed by atoms with E-state index in [1.54, 1.807) is 12.1 Å². The highest BCUT2D eigenvalue weighted by Crippen LogP contribution is 2.36. The van der Waals surface area contributed by atoms with Crippen LogP contribution in [0.3, 0.4) is 0 Å². The summed E-state index contributed by atoms with van der Waals surface area (Å²) < 4.78 is 37.0. The Kier molecular flexibility index (Phi) is 10.7. The van der Waals surface area contributed by atoms with E-state index in [9.17, 15) is 0 Å². The lowest BCUT2D eigenvalue weighted by molar-refractivity contribution is -0.0153. The van der Waals surface area contributed by atoms with Crippen molar-refractivity contribution in [3.8, 4) is 22.3 Å². The molecule has 0 radical (unpaired) electrons. The SMILES string of the molecule is CCCCCCCCCOC1(CCC)C=CC(c2ccc(-c3ccc(-c4ccccc4)cc3)c(F)c2F)=CC1. The number of unbranched alkanes of at least 4 members (excludes halogenated alkanes) is 6. The summed E-state index contributed by atoms with van der Waals surface area (Å²) in [4.78, 5) is 0. The molecule has 1 atom stereocenters. The summed E-state index contributed by atoms with van der Waals surface area (Å²) in [5.74, 6) is -1.61. The lowest BCUT2D eigenvalue weighted by Crippen LogP contribution is -2.31. The van der Waals surface area contributed by atoms with Crippen molar-refractivity contribution in [2.24, 2.45) is 0 Å². The van der Waals surface area contributed by atoms with Crippen molar-refractivity contribution in [2.75, 3.05) is 6.61 Å². The number of halogens is 2. The van der Waals surface area contributed by atoms with E-state index in [1.807, 2.05) is 66.7 Å². The Balaban J connectivity index is 1.40. The van der Waals surface area contributed by atoms with Gasteiger partial charge < -0.3 is 4.74 Å². The molecular weight excluding hydrogens is 486 g/mol. The zero-order valence-electron chi connectivity index (χ0n) is 23.5. The molecule has 1 unspecified atom stereocenters. The van der Waals surface area contributed by atoms with Gasteiger partial charge in [-0.05, 0) is 41.5 Å². The minimum Gasteiger partial charge on any atom is -0.371 e. The molecule has 0 spiro atoms. The highest BCUT2D eigenvalue weighted by Gasteiger charge is 2.29. The van der Waals surface area contributed by atoms with E-state index in [-0.39, 0.29) is 11.2 Å². The summed E-state index contributed by atoms with van der Waals surface area (Å²) in [6, 6.07) is 21.0. The van der Waals surface area contributed by atoms with Crippen LogP contribution in [-0.4, -0.2) is 12.2 Å². The maximum absolute atomic E-state index is 15.3. The molecule has 0 fully saturated rings. The maximum atomic E-state index is 15.3. The van der Waals surface area contributed by atoms with Gasteiger partial charge in [0.25, 0.3) is 0 Å². The first-order valence-corrected chi connectivity index (χ1v) is 14.7. The molecule has 39 heavy (non-hydrogen) atoms. The van der Waals surface area contributed by atoms with Gasteiger partial charge in [0.2, 0.25) is 0 Å². The quantitative estimate of drug-likeness (QED) is 0.189. The van der Waals surface area contributed by atoms with Gasteiger partial charge in [-0.1, -0.05) is 144 Å². The molecule has 3 aromatic carbocycles. The zero-order chi connectivity index (χ0) is 27.5. The summed E-state index contributed by atoms with van der Waals surface area (Å²) in [6.07, 6.45) is 17.3. The molecule has 0 amide bonds. The number of allylic oxidation sites excluding steroid dienone is 2. The summed E-state index contributed by atoms with van der Waals surface area (Å²) in [6.45, 7) is 5.14. The second-order valence-corrected chi connectivity index (χ2v) is 10.7. The fraction of sp³-hybridized carbons (Fsp3) is 0.389. The number of hydrogen-bond acceptors (Lipinski definition) is 1. The van der Waals surface area contributed by atoms with Crippen LogP contribution in [0.2, 0.25) is 0 Å². The van der Waals surface area contributed by atoms with Crippen molar-refractivity contribution < 1.29 is 13.5 Å². The zero-order valence-corrected chi connectivity index (χ0v) is 23.5. The van der Waals surface area contributed by atoms with Crippen molar-refractivity contribution in [1.82, 2.24) is 0 Å². The van der Waals surface area contributed by atoms with E-state index >= 15 is 8.78 Å². The number of benzene rings is 3. The monoisotopic (exact) mass is 528 g/mol. The molecule has 0 bridgehead atoms. The van der Waals surface area contributed by atoms with E-state index in [0.717, 1.165) is 37.0 Å². The highest BCUT2D eigenvalue weighted by atomic mass is 19.2. The number of ether oxygens (including phenoxy) is 1. The molecule has 0 saturated carbocycles. The van der Waals surface area contributed by atoms with Gasteiger partial charge in [-0.25, -0.2) is 8.78 Å². The van der Waals surface area contributed by atoms with Gasteiger partial charge >= 0.3 is 0 Å². The second kappa shape index (κ2) is 14.4. The van der Waals surface area contributed by atoms with E-state index in [2.05, 4.69) is 19.9 Å². The summed E-state index contributed by atoms with van der Waals surface area (Å²) in [5.41, 5.74) is 3.72. The fourth-order valence-electron chi connectivity index (χ4n) is 5.45. The first-order chi connectivity index (χ1) is 19.1. The molecule has 0 aliphatic heterocycles. The van der Waals surface area contributed by atoms with Crippen molar-refractivity contribution in [1.29, 1.82) is 0 Å². The summed E-state index contributed by atoms with van der Waals surface area (Å²) in [5, 5.41) is 0. The highest BCUT2D eigenvalue weighted by molar-refractivity contribution is 5.78. The van der Waals surface area contributed by atoms with Crippen molar-refractivity contribution in [3.05, 3.63) is 102 Å². The Labute approximate surface area is 233 Å². The average molecular weight is 529 g/mol. The molecule has 4 rings (SSSR count). The number of rotatable bonds is 14. The van der Waals surface area contributed by atoms with Crippen LogP contribution in [0.1, 0.15) is 83.6 Å². The Morgan fingerprint density at radius 1 is 0.667 bits per heavy atom. The van der Waals surface area contributed by atoms with Gasteiger partial charge in [0.1, 0.15) is 0 Å². The molecule has 0 saturated heterocycles. The third-order valence-corrected chi connectivity index (χ3v) is 7.74. The van der Waals surface area contributed by atoms with Gasteiger partial charge in [0, 0.05) is 17.7 Å². The molecule has 1 aliphatic carbocycles. The first-order valence-electron chi connectivity index (χ1n) is 14.7. The minimum absolute atomic E-state index is 0.273. The molecule has 3 aromatic rings. The Hall–Kier alpha value is -3.04. The lowest BCUT2D eigenvalue weighted by atomic mass is 9.85. The molecule has 206 valence electrons. The third kappa shape index (κ3) is 7.54. The molecule has 1 nitrogen and oxygen atoms in total. The van der Waals surface area contributed by atoms with E-state index in [1.165, 1.54) is 38.5 Å². The Bertz CT molecular complexity index is 1240. The third-order valence-electron chi connectivity index (χ3n) is 7.74. The summed E-state index contributed by atoms with van der Waals surface area (Å²) in [7, 11) is 0. The van der Waals surface area contributed by atoms with Gasteiger partial charge in [-0.15, -0.1) is 0 Å². The normalized spacial score (nSPS) is 16.9. The predicted molar refractivity (Wildman–Crippen MR) is 161 cm³/mol. The fourth-order valence-corrected chi connectivity index (χ4v) is 5.45. The van der Waals surface area contributed by atoms with Gasteiger partial charge in [0.15, 0.2) is 11.6 Å². The van der Waals surface area contributed by atoms with Gasteiger partial charge in [-0.3, -0.25) is 0 Å².